The number of nitrogens with two attached hydrogens (primary N) is 2. The SMILES string of the molecule is Cc1cc(C2(c3ccc(N)c(C)c3)c3ccccc3Cc3ccccc32)ccc1N. The first-order valence-corrected chi connectivity index (χ1v) is 10.4. The van der Waals surface area contributed by atoms with Gasteiger partial charge in [0.25, 0.3) is 0 Å². The van der Waals surface area contributed by atoms with E-state index in [0.29, 0.717) is 0 Å². The summed E-state index contributed by atoms with van der Waals surface area (Å²) in [5.41, 5.74) is 23.7. The first kappa shape index (κ1) is 18.5. The van der Waals surface area contributed by atoms with Crippen LogP contribution in [-0.4, -0.2) is 0 Å². The summed E-state index contributed by atoms with van der Waals surface area (Å²) in [7, 11) is 0. The molecule has 0 bridgehead atoms. The van der Waals surface area contributed by atoms with E-state index in [2.05, 4.69) is 86.6 Å². The van der Waals surface area contributed by atoms with Gasteiger partial charge in [0.2, 0.25) is 0 Å². The third-order valence-electron chi connectivity index (χ3n) is 6.63. The van der Waals surface area contributed by atoms with Gasteiger partial charge in [-0.25, -0.2) is 0 Å². The molecule has 2 heteroatoms. The van der Waals surface area contributed by atoms with Gasteiger partial charge in [0, 0.05) is 11.4 Å². The molecule has 4 aromatic rings. The number of benzene rings is 4. The van der Waals surface area contributed by atoms with Crippen LogP contribution in [0.5, 0.6) is 0 Å². The largest absolute Gasteiger partial charge is 0.399 e. The highest BCUT2D eigenvalue weighted by atomic mass is 14.6. The quantitative estimate of drug-likeness (QED) is 0.377. The first-order chi connectivity index (χ1) is 14.5. The van der Waals surface area contributed by atoms with Gasteiger partial charge in [0.15, 0.2) is 0 Å². The maximum atomic E-state index is 6.22. The van der Waals surface area contributed by atoms with E-state index in [9.17, 15) is 0 Å². The van der Waals surface area contributed by atoms with Gasteiger partial charge >= 0.3 is 0 Å². The Morgan fingerprint density at radius 3 is 1.47 bits per heavy atom. The van der Waals surface area contributed by atoms with Gasteiger partial charge in [-0.3, -0.25) is 0 Å². The number of nitrogen functional groups attached to an aromatic ring is 2. The zero-order valence-corrected chi connectivity index (χ0v) is 17.4. The lowest BCUT2D eigenvalue weighted by atomic mass is 9.59. The van der Waals surface area contributed by atoms with E-state index in [1.807, 2.05) is 12.1 Å². The van der Waals surface area contributed by atoms with Crippen molar-refractivity contribution in [3.05, 3.63) is 129 Å². The van der Waals surface area contributed by atoms with Crippen molar-refractivity contribution in [1.82, 2.24) is 0 Å². The second-order valence-electron chi connectivity index (χ2n) is 8.38. The average molecular weight is 391 g/mol. The summed E-state index contributed by atoms with van der Waals surface area (Å²) in [5, 5.41) is 0. The molecule has 4 aromatic carbocycles. The number of fused-ring (bicyclic) bond motifs is 2. The lowest BCUT2D eigenvalue weighted by molar-refractivity contribution is 0.702. The van der Waals surface area contributed by atoms with Crippen molar-refractivity contribution in [1.29, 1.82) is 0 Å². The summed E-state index contributed by atoms with van der Waals surface area (Å²) in [4.78, 5) is 0. The normalized spacial score (nSPS) is 14.1. The van der Waals surface area contributed by atoms with Gasteiger partial charge in [0.05, 0.1) is 5.41 Å². The van der Waals surface area contributed by atoms with Crippen molar-refractivity contribution >= 4 is 11.4 Å². The van der Waals surface area contributed by atoms with Crippen LogP contribution in [0.1, 0.15) is 44.5 Å². The van der Waals surface area contributed by atoms with Gasteiger partial charge in [-0.1, -0.05) is 72.8 Å². The molecule has 0 spiro atoms. The summed E-state index contributed by atoms with van der Waals surface area (Å²) in [6.45, 7) is 4.17. The molecule has 1 aliphatic rings. The van der Waals surface area contributed by atoms with Crippen LogP contribution in [0, 0.1) is 13.8 Å². The average Bonchev–Trinajstić information content (AvgIpc) is 2.76. The van der Waals surface area contributed by atoms with E-state index in [1.54, 1.807) is 0 Å². The van der Waals surface area contributed by atoms with E-state index in [-0.39, 0.29) is 0 Å². The van der Waals surface area contributed by atoms with Crippen molar-refractivity contribution in [3.8, 4) is 0 Å². The molecule has 4 N–H and O–H groups in total. The third-order valence-corrected chi connectivity index (χ3v) is 6.63. The fraction of sp³-hybridized carbons (Fsp3) is 0.143. The molecule has 0 aromatic heterocycles. The Labute approximate surface area is 178 Å². The monoisotopic (exact) mass is 390 g/mol. The summed E-state index contributed by atoms with van der Waals surface area (Å²) in [6.07, 6.45) is 0.940. The molecule has 0 saturated carbocycles. The van der Waals surface area contributed by atoms with Crippen LogP contribution < -0.4 is 11.5 Å². The van der Waals surface area contributed by atoms with Crippen LogP contribution >= 0.6 is 0 Å². The van der Waals surface area contributed by atoms with Crippen LogP contribution in [0.3, 0.4) is 0 Å². The van der Waals surface area contributed by atoms with Gasteiger partial charge < -0.3 is 11.5 Å². The summed E-state index contributed by atoms with van der Waals surface area (Å²) in [6, 6.07) is 30.6. The molecule has 0 radical (unpaired) electrons. The van der Waals surface area contributed by atoms with Crippen molar-refractivity contribution in [2.75, 3.05) is 11.5 Å². The van der Waals surface area contributed by atoms with Gasteiger partial charge in [0.1, 0.15) is 0 Å². The maximum Gasteiger partial charge on any atom is 0.0707 e. The lowest BCUT2D eigenvalue weighted by Gasteiger charge is -2.42. The summed E-state index contributed by atoms with van der Waals surface area (Å²) >= 11 is 0. The van der Waals surface area contributed by atoms with Crippen molar-refractivity contribution in [2.24, 2.45) is 0 Å². The fourth-order valence-electron chi connectivity index (χ4n) is 5.04. The zero-order chi connectivity index (χ0) is 20.9. The lowest BCUT2D eigenvalue weighted by Crippen LogP contribution is -2.36. The number of aryl methyl sites for hydroxylation is 2. The van der Waals surface area contributed by atoms with Crippen LogP contribution in [0.15, 0.2) is 84.9 Å². The second-order valence-corrected chi connectivity index (χ2v) is 8.38. The fourth-order valence-corrected chi connectivity index (χ4v) is 5.04. The molecule has 0 atom stereocenters. The Morgan fingerprint density at radius 2 is 1.03 bits per heavy atom. The maximum absolute atomic E-state index is 6.22. The smallest absolute Gasteiger partial charge is 0.0707 e. The Morgan fingerprint density at radius 1 is 0.600 bits per heavy atom. The highest BCUT2D eigenvalue weighted by Crippen LogP contribution is 2.51. The second kappa shape index (κ2) is 6.77. The Bertz CT molecular complexity index is 1170. The van der Waals surface area contributed by atoms with Crippen molar-refractivity contribution in [2.45, 2.75) is 25.7 Å². The molecule has 0 heterocycles. The van der Waals surface area contributed by atoms with Gasteiger partial charge in [-0.05, 0) is 76.9 Å². The Hall–Kier alpha value is -3.52. The number of hydrogen-bond donors (Lipinski definition) is 2. The minimum absolute atomic E-state index is 0.414. The van der Waals surface area contributed by atoms with Crippen LogP contribution in [0.2, 0.25) is 0 Å². The van der Waals surface area contributed by atoms with E-state index < -0.39 is 5.41 Å². The van der Waals surface area contributed by atoms with E-state index in [4.69, 9.17) is 11.5 Å². The Kier molecular flexibility index (Phi) is 4.18. The molecule has 148 valence electrons. The topological polar surface area (TPSA) is 52.0 Å². The summed E-state index contributed by atoms with van der Waals surface area (Å²) < 4.78 is 0. The van der Waals surface area contributed by atoms with Crippen molar-refractivity contribution < 1.29 is 0 Å². The van der Waals surface area contributed by atoms with E-state index in [0.717, 1.165) is 28.9 Å². The number of anilines is 2. The predicted molar refractivity (Wildman–Crippen MR) is 126 cm³/mol. The van der Waals surface area contributed by atoms with Gasteiger partial charge in [-0.2, -0.15) is 0 Å². The highest BCUT2D eigenvalue weighted by Gasteiger charge is 2.43. The molecule has 2 nitrogen and oxygen atoms in total. The van der Waals surface area contributed by atoms with Crippen molar-refractivity contribution in [3.63, 3.8) is 0 Å². The van der Waals surface area contributed by atoms with E-state index >= 15 is 0 Å². The molecule has 0 amide bonds. The molecule has 0 unspecified atom stereocenters. The Balaban J connectivity index is 1.97. The molecule has 0 aliphatic heterocycles. The molecule has 0 fully saturated rings. The van der Waals surface area contributed by atoms with E-state index in [1.165, 1.54) is 33.4 Å². The molecular weight excluding hydrogens is 364 g/mol. The molecular formula is C28H26N2. The standard InChI is InChI=1S/C28H26N2/c1-18-15-22(11-13-26(18)29)28(23-12-14-27(30)19(2)16-23)24-9-5-3-7-20(24)17-21-8-4-6-10-25(21)28/h3-16H,17,29-30H2,1-2H3. The summed E-state index contributed by atoms with van der Waals surface area (Å²) in [5.74, 6) is 0. The molecule has 5 rings (SSSR count). The highest BCUT2D eigenvalue weighted by molar-refractivity contribution is 5.69. The molecule has 0 saturated heterocycles. The van der Waals surface area contributed by atoms with Crippen LogP contribution in [-0.2, 0) is 11.8 Å². The van der Waals surface area contributed by atoms with Crippen LogP contribution in [0.4, 0.5) is 11.4 Å². The zero-order valence-electron chi connectivity index (χ0n) is 17.4. The first-order valence-electron chi connectivity index (χ1n) is 10.4. The minimum atomic E-state index is -0.414. The van der Waals surface area contributed by atoms with Crippen LogP contribution in [0.25, 0.3) is 0 Å². The minimum Gasteiger partial charge on any atom is -0.399 e. The molecule has 30 heavy (non-hydrogen) atoms. The number of rotatable bonds is 2. The molecule has 1 aliphatic carbocycles. The number of hydrogen-bond acceptors (Lipinski definition) is 2. The predicted octanol–water partition coefficient (Wildman–Crippen LogP) is 5.75. The third kappa shape index (κ3) is 2.57. The van der Waals surface area contributed by atoms with Gasteiger partial charge in [-0.15, -0.1) is 0 Å².